The van der Waals surface area contributed by atoms with Crippen LogP contribution in [0, 0.1) is 6.92 Å². The number of anilines is 1. The van der Waals surface area contributed by atoms with E-state index in [1.807, 2.05) is 6.92 Å². The van der Waals surface area contributed by atoms with Gasteiger partial charge in [0.1, 0.15) is 0 Å². The molecule has 2 aliphatic rings. The SMILES string of the molecule is CCOC(=O)c1c(C)[nH]c(/C=C2\C(=O)Nc3ccc(C(=O)O)cc32)c1C(CC)N1CC=CC1. The molecule has 1 amide bonds. The van der Waals surface area contributed by atoms with E-state index < -0.39 is 11.9 Å². The average molecular weight is 450 g/mol. The maximum Gasteiger partial charge on any atom is 0.340 e. The molecule has 1 atom stereocenters. The molecule has 0 fully saturated rings. The fourth-order valence-electron chi connectivity index (χ4n) is 4.60. The third kappa shape index (κ3) is 4.09. The molecule has 3 heterocycles. The number of carbonyl (C=O) groups is 3. The number of H-pyrrole nitrogens is 1. The Kier molecular flexibility index (Phi) is 6.20. The van der Waals surface area contributed by atoms with E-state index in [1.165, 1.54) is 12.1 Å². The molecular formula is C25H27N3O5. The molecule has 2 aromatic rings. The van der Waals surface area contributed by atoms with Gasteiger partial charge in [-0.1, -0.05) is 19.1 Å². The predicted octanol–water partition coefficient (Wildman–Crippen LogP) is 4.01. The van der Waals surface area contributed by atoms with Gasteiger partial charge in [0.25, 0.3) is 5.91 Å². The molecule has 0 bridgehead atoms. The second-order valence-electron chi connectivity index (χ2n) is 8.10. The van der Waals surface area contributed by atoms with Crippen LogP contribution in [0.15, 0.2) is 30.4 Å². The molecule has 0 aliphatic carbocycles. The van der Waals surface area contributed by atoms with Crippen molar-refractivity contribution in [2.24, 2.45) is 0 Å². The Morgan fingerprint density at radius 3 is 2.61 bits per heavy atom. The van der Waals surface area contributed by atoms with Crippen molar-refractivity contribution in [3.63, 3.8) is 0 Å². The minimum Gasteiger partial charge on any atom is -0.478 e. The van der Waals surface area contributed by atoms with Gasteiger partial charge in [-0.25, -0.2) is 9.59 Å². The Labute approximate surface area is 191 Å². The molecule has 1 aromatic carbocycles. The van der Waals surface area contributed by atoms with Crippen molar-refractivity contribution in [2.45, 2.75) is 33.2 Å². The summed E-state index contributed by atoms with van der Waals surface area (Å²) in [4.78, 5) is 42.7. The van der Waals surface area contributed by atoms with Crippen LogP contribution in [0.3, 0.4) is 0 Å². The van der Waals surface area contributed by atoms with Gasteiger partial charge >= 0.3 is 11.9 Å². The number of esters is 1. The van der Waals surface area contributed by atoms with E-state index in [0.717, 1.165) is 25.1 Å². The smallest absolute Gasteiger partial charge is 0.340 e. The van der Waals surface area contributed by atoms with Crippen molar-refractivity contribution >= 4 is 35.2 Å². The third-order valence-electron chi connectivity index (χ3n) is 6.08. The average Bonchev–Trinajstić information content (AvgIpc) is 3.48. The Morgan fingerprint density at radius 2 is 1.97 bits per heavy atom. The number of hydrogen-bond donors (Lipinski definition) is 3. The van der Waals surface area contributed by atoms with E-state index in [0.29, 0.717) is 33.8 Å². The second-order valence-corrected chi connectivity index (χ2v) is 8.10. The molecule has 0 radical (unpaired) electrons. The van der Waals surface area contributed by atoms with E-state index in [9.17, 15) is 19.5 Å². The molecule has 1 aromatic heterocycles. The first-order chi connectivity index (χ1) is 15.8. The first-order valence-corrected chi connectivity index (χ1v) is 11.0. The number of nitrogens with zero attached hydrogens (tertiary/aromatic N) is 1. The Hall–Kier alpha value is -3.65. The first-order valence-electron chi connectivity index (χ1n) is 11.0. The number of rotatable bonds is 7. The lowest BCUT2D eigenvalue weighted by Gasteiger charge is -2.27. The van der Waals surface area contributed by atoms with E-state index in [2.05, 4.69) is 34.3 Å². The zero-order valence-corrected chi connectivity index (χ0v) is 18.9. The normalized spacial score (nSPS) is 17.3. The molecule has 33 heavy (non-hydrogen) atoms. The monoisotopic (exact) mass is 449 g/mol. The number of hydrogen-bond acceptors (Lipinski definition) is 5. The predicted molar refractivity (Wildman–Crippen MR) is 125 cm³/mol. The number of carboxylic acids is 1. The summed E-state index contributed by atoms with van der Waals surface area (Å²) in [5.74, 6) is -1.79. The van der Waals surface area contributed by atoms with Crippen molar-refractivity contribution in [3.05, 3.63) is 64.0 Å². The minimum atomic E-state index is -1.06. The quantitative estimate of drug-likeness (QED) is 0.335. The van der Waals surface area contributed by atoms with Crippen molar-refractivity contribution in [2.75, 3.05) is 25.0 Å². The van der Waals surface area contributed by atoms with E-state index in [-0.39, 0.29) is 24.1 Å². The molecule has 3 N–H and O–H groups in total. The van der Waals surface area contributed by atoms with Gasteiger partial charge in [-0.05, 0) is 44.5 Å². The lowest BCUT2D eigenvalue weighted by atomic mass is 9.95. The number of benzene rings is 1. The van der Waals surface area contributed by atoms with Crippen LogP contribution in [0.1, 0.15) is 69.5 Å². The highest BCUT2D eigenvalue weighted by Gasteiger charge is 2.32. The highest BCUT2D eigenvalue weighted by molar-refractivity contribution is 6.35. The zero-order valence-electron chi connectivity index (χ0n) is 18.9. The molecule has 4 rings (SSSR count). The van der Waals surface area contributed by atoms with Gasteiger partial charge in [0, 0.05) is 47.3 Å². The van der Waals surface area contributed by atoms with Crippen LogP contribution in [-0.2, 0) is 9.53 Å². The fraction of sp³-hybridized carbons (Fsp3) is 0.320. The number of aromatic amines is 1. The Balaban J connectivity index is 1.88. The van der Waals surface area contributed by atoms with Crippen molar-refractivity contribution in [1.29, 1.82) is 0 Å². The highest BCUT2D eigenvalue weighted by atomic mass is 16.5. The maximum atomic E-state index is 12.9. The van der Waals surface area contributed by atoms with E-state index in [1.54, 1.807) is 19.1 Å². The van der Waals surface area contributed by atoms with Crippen LogP contribution >= 0.6 is 0 Å². The number of aromatic nitrogens is 1. The lowest BCUT2D eigenvalue weighted by molar-refractivity contribution is -0.110. The number of carboxylic acid groups (broad SMARTS) is 1. The minimum absolute atomic E-state index is 0.0644. The Bertz CT molecular complexity index is 1180. The van der Waals surface area contributed by atoms with Gasteiger partial charge in [0.05, 0.1) is 23.3 Å². The summed E-state index contributed by atoms with van der Waals surface area (Å²) in [5.41, 5.74) is 4.11. The number of fused-ring (bicyclic) bond motifs is 1. The second kappa shape index (κ2) is 9.07. The number of nitrogens with one attached hydrogen (secondary N) is 2. The molecule has 0 saturated heterocycles. The van der Waals surface area contributed by atoms with Gasteiger partial charge in [-0.2, -0.15) is 0 Å². The van der Waals surface area contributed by atoms with Gasteiger partial charge in [0.2, 0.25) is 0 Å². The van der Waals surface area contributed by atoms with Crippen LogP contribution in [-0.4, -0.2) is 52.5 Å². The molecule has 1 unspecified atom stereocenters. The van der Waals surface area contributed by atoms with Crippen molar-refractivity contribution in [1.82, 2.24) is 9.88 Å². The summed E-state index contributed by atoms with van der Waals surface area (Å²) in [6, 6.07) is 4.48. The molecule has 8 nitrogen and oxygen atoms in total. The third-order valence-corrected chi connectivity index (χ3v) is 6.08. The van der Waals surface area contributed by atoms with Crippen molar-refractivity contribution in [3.8, 4) is 0 Å². The zero-order chi connectivity index (χ0) is 23.7. The molecule has 172 valence electrons. The highest BCUT2D eigenvalue weighted by Crippen LogP contribution is 2.38. The fourth-order valence-corrected chi connectivity index (χ4v) is 4.60. The standard InChI is InChI=1S/C25H27N3O5/c1-4-20(28-10-6-7-11-28)22-19(26-14(3)21(22)25(32)33-5-2)13-17-16-12-15(24(30)31)8-9-18(16)27-23(17)29/h6-9,12-13,20,26H,4-5,10-11H2,1-3H3,(H,27,29)(H,30,31)/b17-13-. The first kappa shape index (κ1) is 22.5. The summed E-state index contributed by atoms with van der Waals surface area (Å²) in [6.45, 7) is 7.45. The van der Waals surface area contributed by atoms with Gasteiger partial charge in [0.15, 0.2) is 0 Å². The summed E-state index contributed by atoms with van der Waals surface area (Å²) in [6.07, 6.45) is 6.66. The topological polar surface area (TPSA) is 112 Å². The number of aryl methyl sites for hydroxylation is 1. The van der Waals surface area contributed by atoms with Crippen LogP contribution in [0.25, 0.3) is 11.6 Å². The van der Waals surface area contributed by atoms with Gasteiger partial charge < -0.3 is 20.1 Å². The molecular weight excluding hydrogens is 422 g/mol. The largest absolute Gasteiger partial charge is 0.478 e. The van der Waals surface area contributed by atoms with Crippen LogP contribution in [0.2, 0.25) is 0 Å². The number of amides is 1. The summed E-state index contributed by atoms with van der Waals surface area (Å²) >= 11 is 0. The molecule has 2 aliphatic heterocycles. The summed E-state index contributed by atoms with van der Waals surface area (Å²) in [5, 5.41) is 12.2. The van der Waals surface area contributed by atoms with E-state index >= 15 is 0 Å². The Morgan fingerprint density at radius 1 is 1.24 bits per heavy atom. The van der Waals surface area contributed by atoms with E-state index in [4.69, 9.17) is 4.74 Å². The van der Waals surface area contributed by atoms with Gasteiger partial charge in [-0.3, -0.25) is 9.69 Å². The van der Waals surface area contributed by atoms with Crippen molar-refractivity contribution < 1.29 is 24.2 Å². The summed E-state index contributed by atoms with van der Waals surface area (Å²) in [7, 11) is 0. The van der Waals surface area contributed by atoms with Crippen LogP contribution in [0.5, 0.6) is 0 Å². The summed E-state index contributed by atoms with van der Waals surface area (Å²) < 4.78 is 5.35. The number of ether oxygens (including phenoxy) is 1. The number of aromatic carboxylic acids is 1. The van der Waals surface area contributed by atoms with Gasteiger partial charge in [-0.15, -0.1) is 0 Å². The number of carbonyl (C=O) groups excluding carboxylic acids is 2. The maximum absolute atomic E-state index is 12.9. The lowest BCUT2D eigenvalue weighted by Crippen LogP contribution is -2.27. The molecule has 8 heteroatoms. The van der Waals surface area contributed by atoms with Crippen LogP contribution in [0.4, 0.5) is 5.69 Å². The van der Waals surface area contributed by atoms with Crippen LogP contribution < -0.4 is 5.32 Å². The molecule has 0 spiro atoms. The molecule has 0 saturated carbocycles.